The Hall–Kier alpha value is -4.00. The van der Waals surface area contributed by atoms with Gasteiger partial charge >= 0.3 is 0 Å². The number of ketones is 1. The highest BCUT2D eigenvalue weighted by Gasteiger charge is 2.51. The van der Waals surface area contributed by atoms with Crippen molar-refractivity contribution in [2.75, 3.05) is 19.3 Å². The largest absolute Gasteiger partial charge is 0.291 e. The van der Waals surface area contributed by atoms with Crippen molar-refractivity contribution >= 4 is 31.7 Å². The molecule has 2 aromatic carbocycles. The molecule has 1 aliphatic carbocycles. The van der Waals surface area contributed by atoms with Crippen LogP contribution in [0.2, 0.25) is 0 Å². The van der Waals surface area contributed by atoms with Gasteiger partial charge in [0.1, 0.15) is 11.5 Å². The Morgan fingerprint density at radius 3 is 2.45 bits per heavy atom. The Balaban J connectivity index is 1.45. The van der Waals surface area contributed by atoms with Crippen molar-refractivity contribution in [3.63, 3.8) is 0 Å². The zero-order valence-electron chi connectivity index (χ0n) is 22.9. The Bertz CT molecular complexity index is 1990. The molecule has 1 atom stereocenters. The number of halogens is 1. The van der Waals surface area contributed by atoms with Crippen molar-refractivity contribution in [1.82, 2.24) is 19.1 Å². The topological polar surface area (TPSA) is 119 Å². The fourth-order valence-corrected chi connectivity index (χ4v) is 8.02. The van der Waals surface area contributed by atoms with Gasteiger partial charge in [0.25, 0.3) is 0 Å². The van der Waals surface area contributed by atoms with Gasteiger partial charge in [0, 0.05) is 25.5 Å². The van der Waals surface area contributed by atoms with Gasteiger partial charge in [-0.25, -0.2) is 25.9 Å². The summed E-state index contributed by atoms with van der Waals surface area (Å²) in [5, 5.41) is 4.51. The van der Waals surface area contributed by atoms with E-state index in [9.17, 15) is 26.0 Å². The Morgan fingerprint density at radius 2 is 1.74 bits per heavy atom. The number of carbonyl (C=O) groups is 1. The maximum atomic E-state index is 14.4. The lowest BCUT2D eigenvalue weighted by Crippen LogP contribution is -2.53. The van der Waals surface area contributed by atoms with Crippen LogP contribution in [0, 0.1) is 18.2 Å². The minimum atomic E-state index is -4.16. The van der Waals surface area contributed by atoms with E-state index < -0.39 is 25.3 Å². The molecule has 42 heavy (non-hydrogen) atoms. The molecule has 4 aromatic rings. The van der Waals surface area contributed by atoms with Gasteiger partial charge in [-0.3, -0.25) is 9.78 Å². The van der Waals surface area contributed by atoms with Gasteiger partial charge < -0.3 is 0 Å². The molecular weight excluding hydrogens is 579 g/mol. The molecule has 6 rings (SSSR count). The van der Waals surface area contributed by atoms with E-state index in [0.29, 0.717) is 5.69 Å². The predicted octanol–water partition coefficient (Wildman–Crippen LogP) is 4.02. The normalized spacial score (nSPS) is 19.1. The van der Waals surface area contributed by atoms with Crippen molar-refractivity contribution in [3.05, 3.63) is 107 Å². The molecule has 2 aromatic heterocycles. The highest BCUT2D eigenvalue weighted by atomic mass is 32.2. The number of aryl methyl sites for hydroxylation is 1. The summed E-state index contributed by atoms with van der Waals surface area (Å²) in [4.78, 5) is 18.4. The molecule has 0 spiro atoms. The second-order valence-electron chi connectivity index (χ2n) is 10.8. The number of Topliss-reactive ketones (excluding diaryl/α,β-unsaturated/α-hetero) is 1. The molecule has 0 bridgehead atoms. The Morgan fingerprint density at radius 1 is 1.00 bits per heavy atom. The molecule has 9 nitrogen and oxygen atoms in total. The van der Waals surface area contributed by atoms with E-state index in [1.165, 1.54) is 34.6 Å². The second-order valence-corrected chi connectivity index (χ2v) is 14.7. The first-order valence-corrected chi connectivity index (χ1v) is 16.5. The second kappa shape index (κ2) is 10.1. The van der Waals surface area contributed by atoms with E-state index in [1.807, 2.05) is 13.0 Å². The Kier molecular flexibility index (Phi) is 6.75. The summed E-state index contributed by atoms with van der Waals surface area (Å²) < 4.78 is 68.6. The van der Waals surface area contributed by atoms with E-state index in [2.05, 4.69) is 10.1 Å². The van der Waals surface area contributed by atoms with E-state index in [-0.39, 0.29) is 53.0 Å². The number of sulfone groups is 1. The van der Waals surface area contributed by atoms with Crippen LogP contribution in [0.25, 0.3) is 11.8 Å². The summed E-state index contributed by atoms with van der Waals surface area (Å²) in [5.41, 5.74) is 2.70. The highest BCUT2D eigenvalue weighted by molar-refractivity contribution is 7.91. The number of fused-ring (bicyclic) bond motifs is 2. The molecule has 1 saturated heterocycles. The number of pyridine rings is 1. The first-order valence-electron chi connectivity index (χ1n) is 13.2. The van der Waals surface area contributed by atoms with Crippen molar-refractivity contribution in [2.45, 2.75) is 29.6 Å². The third kappa shape index (κ3) is 4.79. The monoisotopic (exact) mass is 606 g/mol. The van der Waals surface area contributed by atoms with Crippen LogP contribution in [0.4, 0.5) is 4.39 Å². The maximum Gasteiger partial charge on any atom is 0.243 e. The van der Waals surface area contributed by atoms with Crippen molar-refractivity contribution in [1.29, 1.82) is 0 Å². The summed E-state index contributed by atoms with van der Waals surface area (Å²) in [6.45, 7) is 1.79. The number of carbonyl (C=O) groups excluding carboxylic acids is 1. The molecule has 1 unspecified atom stereocenters. The van der Waals surface area contributed by atoms with Gasteiger partial charge in [0.15, 0.2) is 15.6 Å². The first-order chi connectivity index (χ1) is 19.9. The van der Waals surface area contributed by atoms with Crippen LogP contribution in [0.1, 0.15) is 33.7 Å². The van der Waals surface area contributed by atoms with Crippen molar-refractivity contribution < 1.29 is 26.0 Å². The van der Waals surface area contributed by atoms with E-state index in [1.54, 1.807) is 41.3 Å². The number of hydrogen-bond donors (Lipinski definition) is 0. The summed E-state index contributed by atoms with van der Waals surface area (Å²) in [6.07, 6.45) is 6.54. The van der Waals surface area contributed by atoms with Crippen LogP contribution in [-0.2, 0) is 26.3 Å². The molecule has 0 saturated carbocycles. The lowest BCUT2D eigenvalue weighted by atomic mass is 9.65. The molecule has 12 heteroatoms. The van der Waals surface area contributed by atoms with Crippen LogP contribution in [0.5, 0.6) is 0 Å². The van der Waals surface area contributed by atoms with Gasteiger partial charge in [-0.1, -0.05) is 11.6 Å². The molecule has 216 valence electrons. The van der Waals surface area contributed by atoms with Gasteiger partial charge in [0.05, 0.1) is 32.8 Å². The third-order valence-corrected chi connectivity index (χ3v) is 10.9. The number of nitrogens with zero attached hydrogens (tertiary/aromatic N) is 4. The standard InChI is InChI=1S/C30H27FN4O5S2/c1-20-10-12-32-27(14-20)29(36)30-17-21-18-33-35(24-8-6-23(31)7-9-24)28(21)15-22(30)11-13-34(19-30)42(39,40)26-5-3-4-25(16-26)41(2,37)38/h3-10,12,14-16,18H,11,13,17,19H2,1-2H3. The first kappa shape index (κ1) is 28.1. The van der Waals surface area contributed by atoms with Crippen LogP contribution in [-0.4, -0.2) is 61.0 Å². The molecule has 0 radical (unpaired) electrons. The average Bonchev–Trinajstić information content (AvgIpc) is 3.37. The smallest absolute Gasteiger partial charge is 0.243 e. The number of sulfonamides is 1. The summed E-state index contributed by atoms with van der Waals surface area (Å²) >= 11 is 0. The fourth-order valence-electron chi connectivity index (χ4n) is 5.73. The van der Waals surface area contributed by atoms with Crippen LogP contribution >= 0.6 is 0 Å². The molecular formula is C30H27FN4O5S2. The van der Waals surface area contributed by atoms with Gasteiger partial charge in [-0.15, -0.1) is 0 Å². The number of piperidine rings is 1. The molecule has 1 fully saturated rings. The quantitative estimate of drug-likeness (QED) is 0.304. The van der Waals surface area contributed by atoms with Gasteiger partial charge in [-0.05, 0) is 91.6 Å². The van der Waals surface area contributed by atoms with Crippen LogP contribution in [0.3, 0.4) is 0 Å². The maximum absolute atomic E-state index is 14.4. The fraction of sp³-hybridized carbons (Fsp3) is 0.233. The highest BCUT2D eigenvalue weighted by Crippen LogP contribution is 2.47. The third-order valence-electron chi connectivity index (χ3n) is 7.91. The zero-order valence-corrected chi connectivity index (χ0v) is 24.5. The van der Waals surface area contributed by atoms with E-state index in [4.69, 9.17) is 0 Å². The molecule has 2 aliphatic rings. The molecule has 1 aliphatic heterocycles. The average molecular weight is 607 g/mol. The van der Waals surface area contributed by atoms with Gasteiger partial charge in [-0.2, -0.15) is 9.40 Å². The lowest BCUT2D eigenvalue weighted by molar-refractivity contribution is 0.0770. The van der Waals surface area contributed by atoms with Crippen LogP contribution in [0.15, 0.2) is 88.4 Å². The number of aromatic nitrogens is 3. The summed E-state index contributed by atoms with van der Waals surface area (Å²) in [6, 6.07) is 14.6. The summed E-state index contributed by atoms with van der Waals surface area (Å²) in [7, 11) is -7.81. The van der Waals surface area contributed by atoms with Crippen molar-refractivity contribution in [2.24, 2.45) is 5.41 Å². The van der Waals surface area contributed by atoms with Crippen LogP contribution < -0.4 is 0 Å². The number of benzene rings is 2. The van der Waals surface area contributed by atoms with Gasteiger partial charge in [0.2, 0.25) is 10.0 Å². The lowest BCUT2D eigenvalue weighted by Gasteiger charge is -2.44. The van der Waals surface area contributed by atoms with E-state index in [0.717, 1.165) is 34.7 Å². The minimum absolute atomic E-state index is 0.0908. The number of hydrogen-bond acceptors (Lipinski definition) is 7. The van der Waals surface area contributed by atoms with E-state index >= 15 is 0 Å². The zero-order chi connectivity index (χ0) is 29.9. The number of rotatable bonds is 6. The minimum Gasteiger partial charge on any atom is -0.291 e. The predicted molar refractivity (Wildman–Crippen MR) is 154 cm³/mol. The molecule has 0 amide bonds. The SMILES string of the molecule is Cc1ccnc(C(=O)C23Cc4cnn(-c5ccc(F)cc5)c4C=C2CCN(S(=O)(=O)c2cccc(S(C)(=O)=O)c2)C3)c1. The van der Waals surface area contributed by atoms with Crippen molar-refractivity contribution in [3.8, 4) is 5.69 Å². The molecule has 3 heterocycles. The summed E-state index contributed by atoms with van der Waals surface area (Å²) in [5.74, 6) is -0.675. The Labute approximate surface area is 243 Å². The molecule has 0 N–H and O–H groups in total.